The smallest absolute Gasteiger partial charge is 0.261 e. The molecule has 0 aliphatic carbocycles. The molecule has 8 nitrogen and oxygen atoms in total. The number of amides is 2. The summed E-state index contributed by atoms with van der Waals surface area (Å²) in [5.41, 5.74) is 7.44. The summed E-state index contributed by atoms with van der Waals surface area (Å²) in [4.78, 5) is 27.4. The highest BCUT2D eigenvalue weighted by molar-refractivity contribution is 7.92. The number of benzene rings is 4. The molecule has 0 bridgehead atoms. The second-order valence-electron chi connectivity index (χ2n) is 9.12. The van der Waals surface area contributed by atoms with Crippen LogP contribution in [0.5, 0.6) is 11.5 Å². The normalized spacial score (nSPS) is 14.8. The Morgan fingerprint density at radius 2 is 1.57 bits per heavy atom. The lowest BCUT2D eigenvalue weighted by Gasteiger charge is -2.35. The molecule has 0 fully saturated rings. The Bertz CT molecular complexity index is 1710. The van der Waals surface area contributed by atoms with E-state index in [1.54, 1.807) is 24.3 Å². The van der Waals surface area contributed by atoms with Gasteiger partial charge >= 0.3 is 0 Å². The number of sulfonamides is 1. The van der Waals surface area contributed by atoms with Gasteiger partial charge in [0.1, 0.15) is 17.5 Å². The van der Waals surface area contributed by atoms with E-state index in [0.29, 0.717) is 16.5 Å². The molecule has 4 aromatic rings. The second-order valence-corrected chi connectivity index (χ2v) is 11.6. The summed E-state index contributed by atoms with van der Waals surface area (Å²) in [7, 11) is -4.13. The van der Waals surface area contributed by atoms with E-state index < -0.39 is 27.9 Å². The van der Waals surface area contributed by atoms with Gasteiger partial charge in [-0.1, -0.05) is 59.6 Å². The van der Waals surface area contributed by atoms with Crippen LogP contribution in [0.25, 0.3) is 0 Å². The lowest BCUT2D eigenvalue weighted by molar-refractivity contribution is -0.122. The first-order valence-corrected chi connectivity index (χ1v) is 14.4. The summed E-state index contributed by atoms with van der Waals surface area (Å²) in [6, 6.07) is 23.4. The van der Waals surface area contributed by atoms with Gasteiger partial charge in [0.25, 0.3) is 15.9 Å². The molecule has 1 aliphatic heterocycles. The summed E-state index contributed by atoms with van der Waals surface area (Å²) < 4.78 is 34.8. The minimum atomic E-state index is -4.13. The third-order valence-electron chi connectivity index (χ3n) is 6.49. The molecule has 0 saturated heterocycles. The Hall–Kier alpha value is -4.05. The maximum Gasteiger partial charge on any atom is 0.261 e. The van der Waals surface area contributed by atoms with Gasteiger partial charge in [0.2, 0.25) is 5.91 Å². The number of halogens is 2. The first-order valence-electron chi connectivity index (χ1n) is 12.1. The van der Waals surface area contributed by atoms with E-state index in [1.807, 2.05) is 24.3 Å². The van der Waals surface area contributed by atoms with E-state index >= 15 is 0 Å². The van der Waals surface area contributed by atoms with Crippen molar-refractivity contribution in [2.75, 3.05) is 4.72 Å². The minimum absolute atomic E-state index is 0.00729. The average Bonchev–Trinajstić information content (AvgIpc) is 2.94. The number of primary amides is 1. The summed E-state index contributed by atoms with van der Waals surface area (Å²) in [5.74, 6) is -0.429. The number of carbonyl (C=O) groups is 2. The number of hydrogen-bond acceptors (Lipinski definition) is 5. The van der Waals surface area contributed by atoms with E-state index in [0.717, 1.165) is 11.1 Å². The van der Waals surface area contributed by atoms with Crippen LogP contribution in [0.4, 0.5) is 5.69 Å². The number of nitrogens with zero attached hydrogens (tertiary/aromatic N) is 1. The molecule has 0 unspecified atom stereocenters. The van der Waals surface area contributed by atoms with Crippen LogP contribution in [0.15, 0.2) is 95.9 Å². The third-order valence-corrected chi connectivity index (χ3v) is 8.42. The molecule has 4 aromatic carbocycles. The van der Waals surface area contributed by atoms with E-state index in [2.05, 4.69) is 4.72 Å². The van der Waals surface area contributed by atoms with Crippen LogP contribution >= 0.6 is 23.2 Å². The Kier molecular flexibility index (Phi) is 7.71. The fourth-order valence-electron chi connectivity index (χ4n) is 4.47. The van der Waals surface area contributed by atoms with E-state index in [-0.39, 0.29) is 34.1 Å². The fraction of sp³-hybridized carbons (Fsp3) is 0.103. The Morgan fingerprint density at radius 1 is 0.900 bits per heavy atom. The van der Waals surface area contributed by atoms with Crippen molar-refractivity contribution in [2.45, 2.75) is 23.9 Å². The van der Waals surface area contributed by atoms with Gasteiger partial charge in [-0.3, -0.25) is 14.3 Å². The summed E-state index contributed by atoms with van der Waals surface area (Å²) >= 11 is 12.3. The number of carbonyl (C=O) groups excluding carboxylic acids is 2. The van der Waals surface area contributed by atoms with Crippen molar-refractivity contribution in [1.29, 1.82) is 0 Å². The van der Waals surface area contributed by atoms with Gasteiger partial charge in [-0.2, -0.15) is 0 Å². The maximum absolute atomic E-state index is 13.8. The van der Waals surface area contributed by atoms with Crippen molar-refractivity contribution in [1.82, 2.24) is 4.90 Å². The topological polar surface area (TPSA) is 119 Å². The van der Waals surface area contributed by atoms with Gasteiger partial charge in [-0.25, -0.2) is 8.42 Å². The predicted octanol–water partition coefficient (Wildman–Crippen LogP) is 5.64. The van der Waals surface area contributed by atoms with Crippen LogP contribution in [0.1, 0.15) is 21.5 Å². The number of rotatable bonds is 7. The SMILES string of the molecule is NC(=O)[C@@H]1Cc2ccccc2CN1C(=O)c1cc(Cl)ccc1NS(=O)(=O)c1ccc(Oc2ccccc2Cl)cc1. The molecule has 0 radical (unpaired) electrons. The van der Waals surface area contributed by atoms with Crippen LogP contribution in [0, 0.1) is 0 Å². The first kappa shape index (κ1) is 27.5. The molecule has 0 spiro atoms. The summed E-state index contributed by atoms with van der Waals surface area (Å²) in [6.07, 6.45) is 0.251. The third kappa shape index (κ3) is 5.77. The maximum atomic E-state index is 13.8. The molecule has 3 N–H and O–H groups in total. The highest BCUT2D eigenvalue weighted by Gasteiger charge is 2.35. The number of fused-ring (bicyclic) bond motifs is 1. The van der Waals surface area contributed by atoms with Crippen LogP contribution in [-0.4, -0.2) is 31.2 Å². The number of ether oxygens (including phenoxy) is 1. The van der Waals surface area contributed by atoms with Crippen molar-refractivity contribution in [3.05, 3.63) is 118 Å². The number of anilines is 1. The molecular weight excluding hydrogens is 573 g/mol. The van der Waals surface area contributed by atoms with Crippen molar-refractivity contribution in [2.24, 2.45) is 5.73 Å². The Morgan fingerprint density at radius 3 is 2.27 bits per heavy atom. The fourth-order valence-corrected chi connectivity index (χ4v) is 5.90. The molecule has 204 valence electrons. The molecule has 0 saturated carbocycles. The Balaban J connectivity index is 1.41. The zero-order valence-corrected chi connectivity index (χ0v) is 23.2. The molecular formula is C29H23Cl2N3O5S. The van der Waals surface area contributed by atoms with Gasteiger partial charge in [-0.15, -0.1) is 0 Å². The van der Waals surface area contributed by atoms with Gasteiger partial charge in [0.15, 0.2) is 0 Å². The van der Waals surface area contributed by atoms with Crippen LogP contribution in [-0.2, 0) is 27.8 Å². The lowest BCUT2D eigenvalue weighted by Crippen LogP contribution is -2.51. The van der Waals surface area contributed by atoms with Crippen molar-refractivity contribution in [3.63, 3.8) is 0 Å². The van der Waals surface area contributed by atoms with E-state index in [4.69, 9.17) is 33.7 Å². The van der Waals surface area contributed by atoms with Crippen LogP contribution < -0.4 is 15.2 Å². The number of nitrogens with one attached hydrogen (secondary N) is 1. The molecule has 1 aliphatic rings. The van der Waals surface area contributed by atoms with Crippen molar-refractivity contribution < 1.29 is 22.7 Å². The highest BCUT2D eigenvalue weighted by Crippen LogP contribution is 2.32. The highest BCUT2D eigenvalue weighted by atomic mass is 35.5. The number of para-hydroxylation sites is 1. The zero-order valence-electron chi connectivity index (χ0n) is 20.9. The largest absolute Gasteiger partial charge is 0.456 e. The molecule has 1 heterocycles. The van der Waals surface area contributed by atoms with E-state index in [9.17, 15) is 18.0 Å². The second kappa shape index (κ2) is 11.2. The molecule has 1 atom stereocenters. The zero-order chi connectivity index (χ0) is 28.4. The summed E-state index contributed by atoms with van der Waals surface area (Å²) in [5, 5.41) is 0.636. The molecule has 5 rings (SSSR count). The van der Waals surface area contributed by atoms with Gasteiger partial charge in [-0.05, 0) is 65.7 Å². The molecule has 40 heavy (non-hydrogen) atoms. The lowest BCUT2D eigenvalue weighted by atomic mass is 9.93. The van der Waals surface area contributed by atoms with Crippen LogP contribution in [0.2, 0.25) is 10.0 Å². The first-order chi connectivity index (χ1) is 19.1. The molecule has 0 aromatic heterocycles. The quantitative estimate of drug-likeness (QED) is 0.286. The van der Waals surface area contributed by atoms with Gasteiger partial charge in [0, 0.05) is 18.0 Å². The van der Waals surface area contributed by atoms with Gasteiger partial charge in [0.05, 0.1) is 21.2 Å². The van der Waals surface area contributed by atoms with Crippen LogP contribution in [0.3, 0.4) is 0 Å². The number of nitrogens with two attached hydrogens (primary N) is 1. The predicted molar refractivity (Wildman–Crippen MR) is 153 cm³/mol. The molecule has 2 amide bonds. The average molecular weight is 596 g/mol. The van der Waals surface area contributed by atoms with Crippen molar-refractivity contribution >= 4 is 50.7 Å². The number of hydrogen-bond donors (Lipinski definition) is 2. The molecule has 11 heteroatoms. The summed E-state index contributed by atoms with van der Waals surface area (Å²) in [6.45, 7) is 0.133. The van der Waals surface area contributed by atoms with Gasteiger partial charge < -0.3 is 15.4 Å². The Labute approximate surface area is 241 Å². The minimum Gasteiger partial charge on any atom is -0.456 e. The monoisotopic (exact) mass is 595 g/mol. The standard InChI is InChI=1S/C29H23Cl2N3O5S/c30-20-9-14-25(23(16-20)29(36)34-17-19-6-2-1-5-18(19)15-26(34)28(32)35)33-40(37,38)22-12-10-21(11-13-22)39-27-8-4-3-7-24(27)31/h1-14,16,26,33H,15,17H2,(H2,32,35)/t26-/m0/s1. The van der Waals surface area contributed by atoms with Crippen molar-refractivity contribution in [3.8, 4) is 11.5 Å². The van der Waals surface area contributed by atoms with E-state index in [1.165, 1.54) is 47.4 Å².